The Bertz CT molecular complexity index is 647. The van der Waals surface area contributed by atoms with Gasteiger partial charge in [-0.05, 0) is 62.4 Å². The molecule has 0 N–H and O–H groups in total. The summed E-state index contributed by atoms with van der Waals surface area (Å²) in [6.07, 6.45) is 0.786. The van der Waals surface area contributed by atoms with Crippen LogP contribution in [0.3, 0.4) is 0 Å². The quantitative estimate of drug-likeness (QED) is 0.597. The summed E-state index contributed by atoms with van der Waals surface area (Å²) in [5.74, 6) is 0.619. The summed E-state index contributed by atoms with van der Waals surface area (Å²) >= 11 is 12.9. The van der Waals surface area contributed by atoms with Crippen LogP contribution in [0.15, 0.2) is 27.1 Å². The number of aromatic nitrogens is 2. The summed E-state index contributed by atoms with van der Waals surface area (Å²) in [5.41, 5.74) is 1.57. The third kappa shape index (κ3) is 3.57. The Labute approximate surface area is 139 Å². The first kappa shape index (κ1) is 15.9. The van der Waals surface area contributed by atoms with Crippen molar-refractivity contribution < 1.29 is 4.39 Å². The second-order valence-corrected chi connectivity index (χ2v) is 6.83. The summed E-state index contributed by atoms with van der Waals surface area (Å²) in [7, 11) is 0. The monoisotopic (exact) mass is 420 g/mol. The van der Waals surface area contributed by atoms with Crippen LogP contribution in [0.1, 0.15) is 19.5 Å². The molecule has 6 heteroatoms. The molecule has 2 rings (SSSR count). The number of hydrogen-bond donors (Lipinski definition) is 0. The maximum atomic E-state index is 13.2. The van der Waals surface area contributed by atoms with Crippen LogP contribution in [0.25, 0.3) is 11.4 Å². The molecule has 0 bridgehead atoms. The van der Waals surface area contributed by atoms with Crippen molar-refractivity contribution in [3.63, 3.8) is 0 Å². The predicted octanol–water partition coefficient (Wildman–Crippen LogP) is 5.66. The fraction of sp³-hybridized carbons (Fsp3) is 0.286. The van der Waals surface area contributed by atoms with Gasteiger partial charge >= 0.3 is 0 Å². The van der Waals surface area contributed by atoms with Gasteiger partial charge in [-0.3, -0.25) is 0 Å². The number of hydrogen-bond acceptors (Lipinski definition) is 2. The molecule has 1 aromatic carbocycles. The Balaban J connectivity index is 2.54. The lowest BCUT2D eigenvalue weighted by Gasteiger charge is -2.11. The van der Waals surface area contributed by atoms with Gasteiger partial charge in [-0.15, -0.1) is 0 Å². The van der Waals surface area contributed by atoms with E-state index in [1.807, 2.05) is 0 Å². The Morgan fingerprint density at radius 1 is 1.25 bits per heavy atom. The van der Waals surface area contributed by atoms with E-state index >= 15 is 0 Å². The topological polar surface area (TPSA) is 25.8 Å². The van der Waals surface area contributed by atoms with Crippen molar-refractivity contribution in [2.24, 2.45) is 5.92 Å². The van der Waals surface area contributed by atoms with E-state index in [-0.39, 0.29) is 5.82 Å². The first-order valence-electron chi connectivity index (χ1n) is 6.05. The lowest BCUT2D eigenvalue weighted by atomic mass is 10.1. The minimum Gasteiger partial charge on any atom is -0.232 e. The Morgan fingerprint density at radius 2 is 1.95 bits per heavy atom. The van der Waals surface area contributed by atoms with E-state index in [0.717, 1.165) is 16.6 Å². The zero-order chi connectivity index (χ0) is 14.9. The van der Waals surface area contributed by atoms with Crippen molar-refractivity contribution in [3.05, 3.63) is 43.8 Å². The second kappa shape index (κ2) is 6.50. The number of benzene rings is 1. The average Bonchev–Trinajstić information content (AvgIpc) is 2.34. The fourth-order valence-corrected chi connectivity index (χ4v) is 2.83. The average molecular weight is 423 g/mol. The molecule has 106 valence electrons. The van der Waals surface area contributed by atoms with Gasteiger partial charge in [0.1, 0.15) is 11.0 Å². The van der Waals surface area contributed by atoms with E-state index < -0.39 is 0 Å². The lowest BCUT2D eigenvalue weighted by molar-refractivity contribution is 0.627. The number of rotatable bonds is 3. The molecule has 0 saturated carbocycles. The molecule has 0 atom stereocenters. The molecule has 2 aromatic rings. The third-order valence-electron chi connectivity index (χ3n) is 2.65. The van der Waals surface area contributed by atoms with Crippen LogP contribution in [0.4, 0.5) is 4.39 Å². The van der Waals surface area contributed by atoms with Crippen LogP contribution >= 0.6 is 43.5 Å². The summed E-state index contributed by atoms with van der Waals surface area (Å²) in [6.45, 7) is 4.21. The predicted molar refractivity (Wildman–Crippen MR) is 86.4 cm³/mol. The van der Waals surface area contributed by atoms with Gasteiger partial charge in [0.05, 0.1) is 10.2 Å². The normalized spacial score (nSPS) is 11.2. The van der Waals surface area contributed by atoms with Crippen LogP contribution in [0, 0.1) is 11.7 Å². The van der Waals surface area contributed by atoms with Gasteiger partial charge in [0.15, 0.2) is 5.82 Å². The molecule has 1 heterocycles. The van der Waals surface area contributed by atoms with Crippen LogP contribution in [-0.4, -0.2) is 9.97 Å². The molecule has 0 aliphatic rings. The molecular weight excluding hydrogens is 410 g/mol. The zero-order valence-electron chi connectivity index (χ0n) is 10.9. The maximum absolute atomic E-state index is 13.2. The highest BCUT2D eigenvalue weighted by molar-refractivity contribution is 9.11. The smallest absolute Gasteiger partial charge is 0.162 e. The van der Waals surface area contributed by atoms with E-state index in [4.69, 9.17) is 11.6 Å². The van der Waals surface area contributed by atoms with Crippen molar-refractivity contribution in [2.75, 3.05) is 0 Å². The summed E-state index contributed by atoms with van der Waals surface area (Å²) in [6, 6.07) is 4.40. The van der Waals surface area contributed by atoms with Crippen LogP contribution in [-0.2, 0) is 6.42 Å². The van der Waals surface area contributed by atoms with E-state index in [1.54, 1.807) is 6.07 Å². The molecular formula is C14H12Br2ClFN2. The van der Waals surface area contributed by atoms with Gasteiger partial charge in [-0.2, -0.15) is 0 Å². The molecule has 0 aliphatic heterocycles. The van der Waals surface area contributed by atoms with Crippen LogP contribution in [0.2, 0.25) is 5.15 Å². The standard InChI is InChI=1S/C14H12Br2ClFN2/c1-7(2)5-11-12(16)13(17)20-14(19-11)9-4-3-8(18)6-10(9)15/h3-4,6-7H,5H2,1-2H3. The molecule has 0 unspecified atom stereocenters. The Morgan fingerprint density at radius 3 is 2.55 bits per heavy atom. The van der Waals surface area contributed by atoms with E-state index in [2.05, 4.69) is 55.7 Å². The molecule has 0 aliphatic carbocycles. The highest BCUT2D eigenvalue weighted by Gasteiger charge is 2.15. The first-order chi connectivity index (χ1) is 9.38. The summed E-state index contributed by atoms with van der Waals surface area (Å²) in [5, 5.41) is 0.363. The second-order valence-electron chi connectivity index (χ2n) is 4.82. The SMILES string of the molecule is CC(C)Cc1nc(-c2ccc(F)cc2Br)nc(Cl)c1Br. The highest BCUT2D eigenvalue weighted by atomic mass is 79.9. The van der Waals surface area contributed by atoms with E-state index in [1.165, 1.54) is 12.1 Å². The fourth-order valence-electron chi connectivity index (χ4n) is 1.78. The van der Waals surface area contributed by atoms with Gasteiger partial charge in [0.2, 0.25) is 0 Å². The molecule has 0 spiro atoms. The van der Waals surface area contributed by atoms with Crippen molar-refractivity contribution in [1.29, 1.82) is 0 Å². The van der Waals surface area contributed by atoms with Gasteiger partial charge in [-0.1, -0.05) is 25.4 Å². The minimum absolute atomic E-state index is 0.314. The molecule has 2 nitrogen and oxygen atoms in total. The van der Waals surface area contributed by atoms with Crippen molar-refractivity contribution in [2.45, 2.75) is 20.3 Å². The van der Waals surface area contributed by atoms with Crippen molar-refractivity contribution in [1.82, 2.24) is 9.97 Å². The van der Waals surface area contributed by atoms with E-state index in [9.17, 15) is 4.39 Å². The first-order valence-corrected chi connectivity index (χ1v) is 8.02. The molecule has 0 radical (unpaired) electrons. The zero-order valence-corrected chi connectivity index (χ0v) is 14.9. The lowest BCUT2D eigenvalue weighted by Crippen LogP contribution is -2.03. The third-order valence-corrected chi connectivity index (χ3v) is 4.64. The number of halogens is 4. The van der Waals surface area contributed by atoms with Crippen molar-refractivity contribution in [3.8, 4) is 11.4 Å². The Hall–Kier alpha value is -0.520. The van der Waals surface area contributed by atoms with Gasteiger partial charge in [0, 0.05) is 10.0 Å². The van der Waals surface area contributed by atoms with Crippen LogP contribution < -0.4 is 0 Å². The molecule has 0 fully saturated rings. The van der Waals surface area contributed by atoms with Crippen LogP contribution in [0.5, 0.6) is 0 Å². The molecule has 20 heavy (non-hydrogen) atoms. The molecule has 1 aromatic heterocycles. The minimum atomic E-state index is -0.314. The highest BCUT2D eigenvalue weighted by Crippen LogP contribution is 2.31. The summed E-state index contributed by atoms with van der Waals surface area (Å²) in [4.78, 5) is 8.80. The molecule has 0 saturated heterocycles. The molecule has 0 amide bonds. The van der Waals surface area contributed by atoms with Gasteiger partial charge in [-0.25, -0.2) is 14.4 Å². The largest absolute Gasteiger partial charge is 0.232 e. The Kier molecular flexibility index (Phi) is 5.15. The van der Waals surface area contributed by atoms with E-state index in [0.29, 0.717) is 26.9 Å². The van der Waals surface area contributed by atoms with Gasteiger partial charge in [0.25, 0.3) is 0 Å². The summed E-state index contributed by atoms with van der Waals surface area (Å²) < 4.78 is 14.5. The van der Waals surface area contributed by atoms with Gasteiger partial charge < -0.3 is 0 Å². The number of nitrogens with zero attached hydrogens (tertiary/aromatic N) is 2. The maximum Gasteiger partial charge on any atom is 0.162 e. The van der Waals surface area contributed by atoms with Crippen molar-refractivity contribution >= 4 is 43.5 Å².